The molecule has 0 aliphatic carbocycles. The van der Waals surface area contributed by atoms with Gasteiger partial charge in [-0.3, -0.25) is 9.59 Å². The van der Waals surface area contributed by atoms with E-state index in [-0.39, 0.29) is 24.5 Å². The molecule has 2 fully saturated rings. The van der Waals surface area contributed by atoms with E-state index in [4.69, 9.17) is 14.2 Å². The van der Waals surface area contributed by atoms with Crippen LogP contribution in [-0.2, 0) is 9.59 Å². The maximum absolute atomic E-state index is 12.9. The van der Waals surface area contributed by atoms with Crippen molar-refractivity contribution in [3.8, 4) is 17.2 Å². The van der Waals surface area contributed by atoms with Crippen LogP contribution in [0.15, 0.2) is 42.5 Å². The van der Waals surface area contributed by atoms with Gasteiger partial charge in [0.05, 0.1) is 20.3 Å². The van der Waals surface area contributed by atoms with E-state index in [1.807, 2.05) is 47.4 Å². The molecule has 0 unspecified atom stereocenters. The highest BCUT2D eigenvalue weighted by atomic mass is 16.5. The summed E-state index contributed by atoms with van der Waals surface area (Å²) in [5.41, 5.74) is 1.90. The van der Waals surface area contributed by atoms with E-state index in [0.717, 1.165) is 37.1 Å². The van der Waals surface area contributed by atoms with Crippen molar-refractivity contribution in [2.75, 3.05) is 38.8 Å². The largest absolute Gasteiger partial charge is 0.493 e. The number of methoxy groups -OCH3 is 2. The van der Waals surface area contributed by atoms with Gasteiger partial charge >= 0.3 is 0 Å². The molecule has 1 atom stereocenters. The summed E-state index contributed by atoms with van der Waals surface area (Å²) in [6, 6.07) is 13.1. The van der Waals surface area contributed by atoms with Crippen molar-refractivity contribution < 1.29 is 23.8 Å². The molecule has 2 aromatic rings. The molecule has 2 aromatic carbocycles. The van der Waals surface area contributed by atoms with E-state index in [2.05, 4.69) is 0 Å². The summed E-state index contributed by atoms with van der Waals surface area (Å²) >= 11 is 0. The molecule has 2 heterocycles. The van der Waals surface area contributed by atoms with E-state index in [9.17, 15) is 9.59 Å². The Bertz CT molecular complexity index is 943. The molecule has 0 bridgehead atoms. The van der Waals surface area contributed by atoms with Crippen LogP contribution in [0.2, 0.25) is 0 Å². The number of amides is 2. The van der Waals surface area contributed by atoms with Gasteiger partial charge in [-0.15, -0.1) is 0 Å². The number of benzene rings is 2. The van der Waals surface area contributed by atoms with Gasteiger partial charge in [-0.05, 0) is 61.2 Å². The molecule has 2 aliphatic rings. The van der Waals surface area contributed by atoms with Gasteiger partial charge in [0.1, 0.15) is 5.75 Å². The summed E-state index contributed by atoms with van der Waals surface area (Å²) in [6.07, 6.45) is 3.34. The number of carbonyl (C=O) groups is 2. The van der Waals surface area contributed by atoms with Gasteiger partial charge < -0.3 is 24.0 Å². The first-order valence-electron chi connectivity index (χ1n) is 10.7. The number of hydrogen-bond acceptors (Lipinski definition) is 5. The zero-order valence-electron chi connectivity index (χ0n) is 18.0. The smallest absolute Gasteiger partial charge is 0.261 e. The fourth-order valence-corrected chi connectivity index (χ4v) is 4.34. The Balaban J connectivity index is 1.38. The predicted octanol–water partition coefficient (Wildman–Crippen LogP) is 3.57. The highest BCUT2D eigenvalue weighted by molar-refractivity contribution is 5.95. The van der Waals surface area contributed by atoms with Gasteiger partial charge in [0.25, 0.3) is 5.91 Å². The standard InChI is InChI=1S/C24H28N2O5/c1-29-21-12-7-17(15-22(21)30-2)20-5-3-14-26(20)24(28)16-31-19-10-8-18(9-11-19)25-13-4-6-23(25)27/h7-12,15,20H,3-6,13-14,16H2,1-2H3/t20-/m1/s1. The molecular formula is C24H28N2O5. The lowest BCUT2D eigenvalue weighted by molar-refractivity contribution is -0.134. The molecule has 0 N–H and O–H groups in total. The summed E-state index contributed by atoms with van der Waals surface area (Å²) in [5, 5.41) is 0. The average molecular weight is 424 g/mol. The Morgan fingerprint density at radius 3 is 2.45 bits per heavy atom. The van der Waals surface area contributed by atoms with Crippen molar-refractivity contribution in [2.45, 2.75) is 31.7 Å². The van der Waals surface area contributed by atoms with Crippen LogP contribution in [0.1, 0.15) is 37.3 Å². The first kappa shape index (κ1) is 21.0. The fourth-order valence-electron chi connectivity index (χ4n) is 4.34. The van der Waals surface area contributed by atoms with Crippen LogP contribution in [0.5, 0.6) is 17.2 Å². The van der Waals surface area contributed by atoms with Crippen molar-refractivity contribution in [1.82, 2.24) is 4.90 Å². The molecule has 0 radical (unpaired) electrons. The molecule has 2 aliphatic heterocycles. The number of rotatable bonds is 7. The third kappa shape index (κ3) is 4.45. The van der Waals surface area contributed by atoms with Crippen LogP contribution in [0.25, 0.3) is 0 Å². The zero-order valence-corrected chi connectivity index (χ0v) is 18.0. The summed E-state index contributed by atoms with van der Waals surface area (Å²) < 4.78 is 16.5. The Hall–Kier alpha value is -3.22. The Morgan fingerprint density at radius 2 is 1.77 bits per heavy atom. The van der Waals surface area contributed by atoms with E-state index in [1.165, 1.54) is 0 Å². The minimum Gasteiger partial charge on any atom is -0.493 e. The van der Waals surface area contributed by atoms with Gasteiger partial charge in [0, 0.05) is 25.2 Å². The third-order valence-corrected chi connectivity index (χ3v) is 5.95. The average Bonchev–Trinajstić information content (AvgIpc) is 3.46. The summed E-state index contributed by atoms with van der Waals surface area (Å²) in [7, 11) is 3.22. The van der Waals surface area contributed by atoms with Crippen molar-refractivity contribution in [3.05, 3.63) is 48.0 Å². The second kappa shape index (κ2) is 9.29. The molecule has 2 amide bonds. The molecule has 0 saturated carbocycles. The summed E-state index contributed by atoms with van der Waals surface area (Å²) in [5.74, 6) is 2.05. The monoisotopic (exact) mass is 424 g/mol. The topological polar surface area (TPSA) is 68.3 Å². The lowest BCUT2D eigenvalue weighted by Crippen LogP contribution is -2.34. The maximum Gasteiger partial charge on any atom is 0.261 e. The van der Waals surface area contributed by atoms with E-state index in [0.29, 0.717) is 30.2 Å². The number of likely N-dealkylation sites (tertiary alicyclic amines) is 1. The van der Waals surface area contributed by atoms with Crippen molar-refractivity contribution in [3.63, 3.8) is 0 Å². The van der Waals surface area contributed by atoms with E-state index < -0.39 is 0 Å². The highest BCUT2D eigenvalue weighted by Gasteiger charge is 2.30. The zero-order chi connectivity index (χ0) is 21.8. The van der Waals surface area contributed by atoms with Crippen LogP contribution in [0.4, 0.5) is 5.69 Å². The molecule has 7 nitrogen and oxygen atoms in total. The van der Waals surface area contributed by atoms with Crippen molar-refractivity contribution in [1.29, 1.82) is 0 Å². The van der Waals surface area contributed by atoms with Crippen LogP contribution in [0, 0.1) is 0 Å². The molecule has 164 valence electrons. The van der Waals surface area contributed by atoms with Gasteiger partial charge in [-0.25, -0.2) is 0 Å². The number of nitrogens with zero attached hydrogens (tertiary/aromatic N) is 2. The minimum atomic E-state index is -0.0453. The van der Waals surface area contributed by atoms with Gasteiger partial charge in [-0.1, -0.05) is 6.07 Å². The van der Waals surface area contributed by atoms with Crippen molar-refractivity contribution in [2.24, 2.45) is 0 Å². The van der Waals surface area contributed by atoms with E-state index in [1.54, 1.807) is 19.1 Å². The van der Waals surface area contributed by atoms with E-state index >= 15 is 0 Å². The maximum atomic E-state index is 12.9. The SMILES string of the molecule is COc1ccc([C@H]2CCCN2C(=O)COc2ccc(N3CCCC3=O)cc2)cc1OC. The Labute approximate surface area is 182 Å². The summed E-state index contributed by atoms with van der Waals surface area (Å²) in [4.78, 5) is 28.4. The van der Waals surface area contributed by atoms with Crippen LogP contribution >= 0.6 is 0 Å². The number of anilines is 1. The molecule has 7 heteroatoms. The van der Waals surface area contributed by atoms with Crippen LogP contribution in [0.3, 0.4) is 0 Å². The highest BCUT2D eigenvalue weighted by Crippen LogP contribution is 2.37. The predicted molar refractivity (Wildman–Crippen MR) is 117 cm³/mol. The quantitative estimate of drug-likeness (QED) is 0.680. The summed E-state index contributed by atoms with van der Waals surface area (Å²) in [6.45, 7) is 1.44. The molecule has 4 rings (SSSR count). The minimum absolute atomic E-state index is 0.000499. The van der Waals surface area contributed by atoms with Crippen LogP contribution in [-0.4, -0.2) is 50.6 Å². The molecule has 0 aromatic heterocycles. The molecule has 0 spiro atoms. The second-order valence-electron chi connectivity index (χ2n) is 7.79. The lowest BCUT2D eigenvalue weighted by Gasteiger charge is -2.26. The Morgan fingerprint density at radius 1 is 1.00 bits per heavy atom. The number of ether oxygens (including phenoxy) is 3. The fraction of sp³-hybridized carbons (Fsp3) is 0.417. The normalized spacial score (nSPS) is 18.4. The third-order valence-electron chi connectivity index (χ3n) is 5.95. The number of carbonyl (C=O) groups excluding carboxylic acids is 2. The van der Waals surface area contributed by atoms with Crippen molar-refractivity contribution >= 4 is 17.5 Å². The first-order chi connectivity index (χ1) is 15.1. The molecular weight excluding hydrogens is 396 g/mol. The lowest BCUT2D eigenvalue weighted by atomic mass is 10.0. The second-order valence-corrected chi connectivity index (χ2v) is 7.79. The van der Waals surface area contributed by atoms with Crippen LogP contribution < -0.4 is 19.1 Å². The van der Waals surface area contributed by atoms with Gasteiger partial charge in [0.15, 0.2) is 18.1 Å². The number of hydrogen-bond donors (Lipinski definition) is 0. The molecule has 31 heavy (non-hydrogen) atoms. The van der Waals surface area contributed by atoms with Gasteiger partial charge in [-0.2, -0.15) is 0 Å². The molecule has 2 saturated heterocycles. The van der Waals surface area contributed by atoms with Gasteiger partial charge in [0.2, 0.25) is 5.91 Å². The first-order valence-corrected chi connectivity index (χ1v) is 10.7. The Kier molecular flexibility index (Phi) is 6.30.